The number of anilines is 2. The first-order chi connectivity index (χ1) is 14.6. The van der Waals surface area contributed by atoms with Gasteiger partial charge in [0.1, 0.15) is 11.6 Å². The lowest BCUT2D eigenvalue weighted by atomic mass is 9.74. The van der Waals surface area contributed by atoms with E-state index in [0.29, 0.717) is 23.8 Å². The van der Waals surface area contributed by atoms with E-state index in [9.17, 15) is 14.7 Å². The fourth-order valence-corrected chi connectivity index (χ4v) is 3.92. The van der Waals surface area contributed by atoms with Crippen LogP contribution in [0.4, 0.5) is 11.6 Å². The van der Waals surface area contributed by atoms with Crippen LogP contribution >= 0.6 is 0 Å². The number of nitrogens with one attached hydrogen (secondary N) is 2. The van der Waals surface area contributed by atoms with Gasteiger partial charge in [0, 0.05) is 42.1 Å². The van der Waals surface area contributed by atoms with Crippen molar-refractivity contribution in [2.75, 3.05) is 10.6 Å². The molecule has 0 saturated heterocycles. The average molecular weight is 426 g/mol. The summed E-state index contributed by atoms with van der Waals surface area (Å²) < 4.78 is 0. The third-order valence-corrected chi connectivity index (χ3v) is 5.48. The number of rotatable bonds is 5. The number of aromatic nitrogens is 2. The van der Waals surface area contributed by atoms with Crippen LogP contribution in [-0.4, -0.2) is 38.6 Å². The number of carbonyl (C=O) groups excluding carboxylic acids is 2. The quantitative estimate of drug-likeness (QED) is 0.666. The van der Waals surface area contributed by atoms with Gasteiger partial charge in [0.05, 0.1) is 17.2 Å². The normalized spacial score (nSPS) is 21.3. The standard InChI is InChI=1S/C23H31N5O3/c1-13(2)25-21-18-10-20(24-12-16(18)9-19(27-21)14(3)29)28-22(31)23(5)8-6-7-17(11-23)26-15(4)30/h9-10,12-14,29H,6-8,11H2,1-5H3,(H,25,27)(H,24,28,31)/b26-17+/t14-,23+/m1/s1. The second-order valence-corrected chi connectivity index (χ2v) is 8.90. The van der Waals surface area contributed by atoms with Crippen LogP contribution in [0.15, 0.2) is 23.3 Å². The third-order valence-electron chi connectivity index (χ3n) is 5.48. The van der Waals surface area contributed by atoms with Crippen LogP contribution in [0.2, 0.25) is 0 Å². The third kappa shape index (κ3) is 5.44. The summed E-state index contributed by atoms with van der Waals surface area (Å²) >= 11 is 0. The Morgan fingerprint density at radius 2 is 2.00 bits per heavy atom. The van der Waals surface area contributed by atoms with E-state index in [0.717, 1.165) is 35.7 Å². The second kappa shape index (κ2) is 9.09. The molecule has 2 heterocycles. The molecule has 1 fully saturated rings. The highest BCUT2D eigenvalue weighted by molar-refractivity contribution is 6.03. The van der Waals surface area contributed by atoms with Gasteiger partial charge in [-0.25, -0.2) is 15.0 Å². The van der Waals surface area contributed by atoms with E-state index in [2.05, 4.69) is 25.6 Å². The highest BCUT2D eigenvalue weighted by Gasteiger charge is 2.37. The topological polar surface area (TPSA) is 117 Å². The summed E-state index contributed by atoms with van der Waals surface area (Å²) in [6.07, 6.45) is 3.73. The van der Waals surface area contributed by atoms with Crippen molar-refractivity contribution in [2.45, 2.75) is 72.4 Å². The fourth-order valence-electron chi connectivity index (χ4n) is 3.92. The number of pyridine rings is 2. The Morgan fingerprint density at radius 1 is 1.26 bits per heavy atom. The number of amides is 2. The second-order valence-electron chi connectivity index (χ2n) is 8.90. The predicted octanol–water partition coefficient (Wildman–Crippen LogP) is 4.01. The van der Waals surface area contributed by atoms with Gasteiger partial charge in [-0.1, -0.05) is 6.92 Å². The van der Waals surface area contributed by atoms with Crippen LogP contribution in [-0.2, 0) is 9.59 Å². The number of hydrogen-bond acceptors (Lipinski definition) is 6. The maximum Gasteiger partial charge on any atom is 0.242 e. The van der Waals surface area contributed by atoms with E-state index in [4.69, 9.17) is 0 Å². The highest BCUT2D eigenvalue weighted by Crippen LogP contribution is 2.36. The summed E-state index contributed by atoms with van der Waals surface area (Å²) in [5, 5.41) is 17.9. The summed E-state index contributed by atoms with van der Waals surface area (Å²) in [7, 11) is 0. The monoisotopic (exact) mass is 425 g/mol. The first-order valence-electron chi connectivity index (χ1n) is 10.7. The van der Waals surface area contributed by atoms with E-state index in [1.165, 1.54) is 6.92 Å². The Labute approximate surface area is 182 Å². The van der Waals surface area contributed by atoms with E-state index >= 15 is 0 Å². The molecular formula is C23H31N5O3. The molecule has 0 aliphatic heterocycles. The van der Waals surface area contributed by atoms with Crippen molar-refractivity contribution >= 4 is 39.9 Å². The Hall–Kier alpha value is -2.87. The summed E-state index contributed by atoms with van der Waals surface area (Å²) in [6.45, 7) is 9.02. The Balaban J connectivity index is 1.90. The SMILES string of the molecule is CC(=O)/N=C1\CCC[C@](C)(C(=O)Nc2cc3c(NC(C)C)nc([C@@H](C)O)cc3cn2)C1. The van der Waals surface area contributed by atoms with Gasteiger partial charge in [0.2, 0.25) is 11.8 Å². The molecule has 2 aromatic heterocycles. The zero-order valence-corrected chi connectivity index (χ0v) is 18.8. The molecule has 0 spiro atoms. The zero-order chi connectivity index (χ0) is 22.8. The Morgan fingerprint density at radius 3 is 2.65 bits per heavy atom. The first kappa shape index (κ1) is 22.8. The van der Waals surface area contributed by atoms with Gasteiger partial charge >= 0.3 is 0 Å². The van der Waals surface area contributed by atoms with Crippen molar-refractivity contribution in [2.24, 2.45) is 10.4 Å². The molecule has 3 rings (SSSR count). The molecule has 0 unspecified atom stereocenters. The van der Waals surface area contributed by atoms with Crippen molar-refractivity contribution in [3.05, 3.63) is 24.0 Å². The van der Waals surface area contributed by atoms with Gasteiger partial charge < -0.3 is 15.7 Å². The van der Waals surface area contributed by atoms with Crippen LogP contribution in [0.5, 0.6) is 0 Å². The van der Waals surface area contributed by atoms with Crippen molar-refractivity contribution < 1.29 is 14.7 Å². The van der Waals surface area contributed by atoms with Crippen LogP contribution in [0, 0.1) is 5.41 Å². The molecule has 1 aliphatic rings. The minimum atomic E-state index is -0.700. The Kier molecular flexibility index (Phi) is 6.69. The smallest absolute Gasteiger partial charge is 0.242 e. The summed E-state index contributed by atoms with van der Waals surface area (Å²) in [5.74, 6) is 0.709. The first-order valence-corrected chi connectivity index (χ1v) is 10.7. The van der Waals surface area contributed by atoms with E-state index in [-0.39, 0.29) is 17.9 Å². The van der Waals surface area contributed by atoms with Gasteiger partial charge in [-0.15, -0.1) is 0 Å². The van der Waals surface area contributed by atoms with E-state index in [1.54, 1.807) is 25.3 Å². The summed E-state index contributed by atoms with van der Waals surface area (Å²) in [6, 6.07) is 3.75. The molecule has 8 heteroatoms. The molecule has 31 heavy (non-hydrogen) atoms. The summed E-state index contributed by atoms with van der Waals surface area (Å²) in [5.41, 5.74) is 0.693. The van der Waals surface area contributed by atoms with Crippen molar-refractivity contribution in [3.63, 3.8) is 0 Å². The largest absolute Gasteiger partial charge is 0.387 e. The molecule has 166 valence electrons. The van der Waals surface area contributed by atoms with Crippen molar-refractivity contribution in [3.8, 4) is 0 Å². The maximum absolute atomic E-state index is 13.1. The number of nitrogens with zero attached hydrogens (tertiary/aromatic N) is 3. The lowest BCUT2D eigenvalue weighted by Crippen LogP contribution is -2.38. The average Bonchev–Trinajstić information content (AvgIpc) is 2.67. The molecule has 1 saturated carbocycles. The lowest BCUT2D eigenvalue weighted by molar-refractivity contribution is -0.125. The van der Waals surface area contributed by atoms with Crippen LogP contribution < -0.4 is 10.6 Å². The highest BCUT2D eigenvalue weighted by atomic mass is 16.3. The molecular weight excluding hydrogens is 394 g/mol. The number of aliphatic hydroxyl groups is 1. The molecule has 0 radical (unpaired) electrons. The predicted molar refractivity (Wildman–Crippen MR) is 122 cm³/mol. The van der Waals surface area contributed by atoms with Crippen LogP contribution in [0.3, 0.4) is 0 Å². The molecule has 2 atom stereocenters. The molecule has 3 N–H and O–H groups in total. The van der Waals surface area contributed by atoms with Gasteiger partial charge in [-0.3, -0.25) is 9.59 Å². The fraction of sp³-hybridized carbons (Fsp3) is 0.522. The van der Waals surface area contributed by atoms with Crippen LogP contribution in [0.25, 0.3) is 10.8 Å². The summed E-state index contributed by atoms with van der Waals surface area (Å²) in [4.78, 5) is 37.5. The molecule has 2 amide bonds. The maximum atomic E-state index is 13.1. The number of carbonyl (C=O) groups is 2. The molecule has 0 aromatic carbocycles. The molecule has 2 aromatic rings. The molecule has 0 bridgehead atoms. The number of hydrogen-bond donors (Lipinski definition) is 3. The van der Waals surface area contributed by atoms with Crippen molar-refractivity contribution in [1.82, 2.24) is 9.97 Å². The van der Waals surface area contributed by atoms with E-state index < -0.39 is 11.5 Å². The van der Waals surface area contributed by atoms with Gasteiger partial charge in [-0.2, -0.15) is 0 Å². The number of aliphatic imine (C=N–C) groups is 1. The van der Waals surface area contributed by atoms with Crippen molar-refractivity contribution in [1.29, 1.82) is 0 Å². The minimum Gasteiger partial charge on any atom is -0.387 e. The van der Waals surface area contributed by atoms with Gasteiger partial charge in [0.25, 0.3) is 0 Å². The lowest BCUT2D eigenvalue weighted by Gasteiger charge is -2.32. The number of fused-ring (bicyclic) bond motifs is 1. The molecule has 1 aliphatic carbocycles. The van der Waals surface area contributed by atoms with Crippen LogP contribution in [0.1, 0.15) is 72.1 Å². The number of aliphatic hydroxyl groups excluding tert-OH is 1. The molecule has 8 nitrogen and oxygen atoms in total. The zero-order valence-electron chi connectivity index (χ0n) is 18.8. The van der Waals surface area contributed by atoms with E-state index in [1.807, 2.05) is 20.8 Å². The minimum absolute atomic E-state index is 0.137. The van der Waals surface area contributed by atoms with Gasteiger partial charge in [-0.05, 0) is 52.2 Å². The Bertz CT molecular complexity index is 1030. The van der Waals surface area contributed by atoms with Gasteiger partial charge in [0.15, 0.2) is 0 Å².